The molecule has 2 N–H and O–H groups in total. The van der Waals surface area contributed by atoms with Crippen molar-refractivity contribution < 1.29 is 4.79 Å². The first kappa shape index (κ1) is 15.8. The van der Waals surface area contributed by atoms with Gasteiger partial charge >= 0.3 is 0 Å². The van der Waals surface area contributed by atoms with Gasteiger partial charge in [0, 0.05) is 25.2 Å². The second-order valence-electron chi connectivity index (χ2n) is 5.29. The number of para-hydroxylation sites is 1. The summed E-state index contributed by atoms with van der Waals surface area (Å²) >= 11 is 0. The van der Waals surface area contributed by atoms with E-state index in [1.165, 1.54) is 6.42 Å². The highest BCUT2D eigenvalue weighted by molar-refractivity contribution is 5.85. The third kappa shape index (κ3) is 4.43. The summed E-state index contributed by atoms with van der Waals surface area (Å²) in [4.78, 5) is 14.1. The molecule has 0 aromatic heterocycles. The number of amides is 1. The van der Waals surface area contributed by atoms with E-state index in [9.17, 15) is 4.79 Å². The van der Waals surface area contributed by atoms with E-state index in [0.717, 1.165) is 37.2 Å². The molecule has 106 valence electrons. The number of rotatable bonds is 3. The van der Waals surface area contributed by atoms with Crippen LogP contribution in [0.3, 0.4) is 0 Å². The number of hydrogen-bond acceptors (Lipinski definition) is 2. The van der Waals surface area contributed by atoms with Gasteiger partial charge in [0.1, 0.15) is 0 Å². The monoisotopic (exact) mass is 282 g/mol. The van der Waals surface area contributed by atoms with Gasteiger partial charge in [-0.1, -0.05) is 25.1 Å². The summed E-state index contributed by atoms with van der Waals surface area (Å²) in [5, 5.41) is 0. The Labute approximate surface area is 121 Å². The maximum absolute atomic E-state index is 12.1. The first-order valence-corrected chi connectivity index (χ1v) is 6.78. The minimum atomic E-state index is 0. The van der Waals surface area contributed by atoms with Crippen LogP contribution in [-0.4, -0.2) is 23.9 Å². The largest absolute Gasteiger partial charge is 0.399 e. The zero-order valence-corrected chi connectivity index (χ0v) is 12.3. The van der Waals surface area contributed by atoms with Crippen LogP contribution in [0.1, 0.15) is 31.7 Å². The number of nitrogens with zero attached hydrogens (tertiary/aromatic N) is 1. The first-order chi connectivity index (χ1) is 8.66. The Bertz CT molecular complexity index is 422. The molecule has 0 saturated carbocycles. The van der Waals surface area contributed by atoms with Crippen molar-refractivity contribution in [2.24, 2.45) is 5.92 Å². The highest BCUT2D eigenvalue weighted by Gasteiger charge is 2.20. The molecular weight excluding hydrogens is 260 g/mol. The van der Waals surface area contributed by atoms with Crippen molar-refractivity contribution in [1.29, 1.82) is 0 Å². The van der Waals surface area contributed by atoms with Crippen LogP contribution >= 0.6 is 12.4 Å². The fraction of sp³-hybridized carbons (Fsp3) is 0.533. The summed E-state index contributed by atoms with van der Waals surface area (Å²) in [6.45, 7) is 4.06. The SMILES string of the molecule is CC1CCCN(C(=O)CCc2ccccc2N)C1.Cl. The number of carbonyl (C=O) groups is 1. The fourth-order valence-corrected chi connectivity index (χ4v) is 2.58. The maximum Gasteiger partial charge on any atom is 0.222 e. The highest BCUT2D eigenvalue weighted by Crippen LogP contribution is 2.18. The van der Waals surface area contributed by atoms with Gasteiger partial charge in [-0.15, -0.1) is 12.4 Å². The van der Waals surface area contributed by atoms with Gasteiger partial charge in [-0.3, -0.25) is 4.79 Å². The van der Waals surface area contributed by atoms with Crippen LogP contribution in [0.15, 0.2) is 24.3 Å². The number of carbonyl (C=O) groups excluding carboxylic acids is 1. The van der Waals surface area contributed by atoms with Gasteiger partial charge < -0.3 is 10.6 Å². The van der Waals surface area contributed by atoms with Crippen molar-refractivity contribution >= 4 is 24.0 Å². The minimum Gasteiger partial charge on any atom is -0.399 e. The number of nitrogen functional groups attached to an aromatic ring is 1. The molecule has 3 nitrogen and oxygen atoms in total. The molecule has 0 radical (unpaired) electrons. The Balaban J connectivity index is 0.00000180. The van der Waals surface area contributed by atoms with Crippen molar-refractivity contribution in [1.82, 2.24) is 4.90 Å². The van der Waals surface area contributed by atoms with Crippen molar-refractivity contribution in [3.63, 3.8) is 0 Å². The highest BCUT2D eigenvalue weighted by atomic mass is 35.5. The summed E-state index contributed by atoms with van der Waals surface area (Å²) in [7, 11) is 0. The van der Waals surface area contributed by atoms with Gasteiger partial charge in [-0.25, -0.2) is 0 Å². The van der Waals surface area contributed by atoms with Crippen molar-refractivity contribution in [2.75, 3.05) is 18.8 Å². The topological polar surface area (TPSA) is 46.3 Å². The number of anilines is 1. The van der Waals surface area contributed by atoms with E-state index in [2.05, 4.69) is 6.92 Å². The molecule has 1 amide bonds. The normalized spacial score (nSPS) is 18.8. The maximum atomic E-state index is 12.1. The number of halogens is 1. The van der Waals surface area contributed by atoms with Crippen LogP contribution in [0.2, 0.25) is 0 Å². The number of benzene rings is 1. The van der Waals surface area contributed by atoms with Crippen LogP contribution < -0.4 is 5.73 Å². The zero-order chi connectivity index (χ0) is 13.0. The third-order valence-electron chi connectivity index (χ3n) is 3.67. The molecule has 1 saturated heterocycles. The van der Waals surface area contributed by atoms with Gasteiger partial charge in [0.25, 0.3) is 0 Å². The summed E-state index contributed by atoms with van der Waals surface area (Å²) < 4.78 is 0. The molecule has 4 heteroatoms. The van der Waals surface area contributed by atoms with Crippen molar-refractivity contribution in [2.45, 2.75) is 32.6 Å². The molecule has 1 atom stereocenters. The molecule has 19 heavy (non-hydrogen) atoms. The van der Waals surface area contributed by atoms with Crippen LogP contribution in [0.25, 0.3) is 0 Å². The van der Waals surface area contributed by atoms with Gasteiger partial charge in [0.15, 0.2) is 0 Å². The number of aryl methyl sites for hydroxylation is 1. The molecule has 1 aromatic rings. The van der Waals surface area contributed by atoms with Gasteiger partial charge in [-0.2, -0.15) is 0 Å². The van der Waals surface area contributed by atoms with Crippen molar-refractivity contribution in [3.8, 4) is 0 Å². The van der Waals surface area contributed by atoms with Crippen LogP contribution in [0.4, 0.5) is 5.69 Å². The third-order valence-corrected chi connectivity index (χ3v) is 3.67. The summed E-state index contributed by atoms with van der Waals surface area (Å²) in [5.41, 5.74) is 7.75. The summed E-state index contributed by atoms with van der Waals surface area (Å²) in [6.07, 6.45) is 3.70. The van der Waals surface area contributed by atoms with Crippen LogP contribution in [0.5, 0.6) is 0 Å². The summed E-state index contributed by atoms with van der Waals surface area (Å²) in [6, 6.07) is 7.79. The Morgan fingerprint density at radius 2 is 2.16 bits per heavy atom. The Morgan fingerprint density at radius 3 is 2.84 bits per heavy atom. The van der Waals surface area contributed by atoms with Gasteiger partial charge in [0.2, 0.25) is 5.91 Å². The predicted molar refractivity (Wildman–Crippen MR) is 81.4 cm³/mol. The first-order valence-electron chi connectivity index (χ1n) is 6.78. The molecular formula is C15H23ClN2O. The van der Waals surface area contributed by atoms with E-state index in [1.54, 1.807) is 0 Å². The Morgan fingerprint density at radius 1 is 1.42 bits per heavy atom. The van der Waals surface area contributed by atoms with Crippen LogP contribution in [0, 0.1) is 5.92 Å². The standard InChI is InChI=1S/C15H22N2O.ClH/c1-12-5-4-10-17(11-12)15(18)9-8-13-6-2-3-7-14(13)16;/h2-3,6-7,12H,4-5,8-11,16H2,1H3;1H. The molecule has 1 aromatic carbocycles. The molecule has 1 fully saturated rings. The zero-order valence-electron chi connectivity index (χ0n) is 11.5. The average molecular weight is 283 g/mol. The molecule has 1 aliphatic rings. The molecule has 1 aliphatic heterocycles. The average Bonchev–Trinajstić information content (AvgIpc) is 2.37. The second kappa shape index (κ2) is 7.39. The van der Waals surface area contributed by atoms with E-state index in [4.69, 9.17) is 5.73 Å². The molecule has 0 bridgehead atoms. The lowest BCUT2D eigenvalue weighted by Crippen LogP contribution is -2.39. The molecule has 0 spiro atoms. The van der Waals surface area contributed by atoms with E-state index < -0.39 is 0 Å². The lowest BCUT2D eigenvalue weighted by molar-refractivity contribution is -0.132. The van der Waals surface area contributed by atoms with E-state index in [0.29, 0.717) is 12.3 Å². The van der Waals surface area contributed by atoms with Gasteiger partial charge in [-0.05, 0) is 36.8 Å². The molecule has 2 rings (SSSR count). The predicted octanol–water partition coefficient (Wildman–Crippen LogP) is 2.88. The molecule has 0 aliphatic carbocycles. The number of likely N-dealkylation sites (tertiary alicyclic amines) is 1. The van der Waals surface area contributed by atoms with Crippen LogP contribution in [-0.2, 0) is 11.2 Å². The Kier molecular flexibility index (Phi) is 6.16. The second-order valence-corrected chi connectivity index (χ2v) is 5.29. The lowest BCUT2D eigenvalue weighted by Gasteiger charge is -2.31. The summed E-state index contributed by atoms with van der Waals surface area (Å²) in [5.74, 6) is 0.911. The lowest BCUT2D eigenvalue weighted by atomic mass is 9.99. The van der Waals surface area contributed by atoms with Gasteiger partial charge in [0.05, 0.1) is 0 Å². The molecule has 1 heterocycles. The Hall–Kier alpha value is -1.22. The number of piperidine rings is 1. The van der Waals surface area contributed by atoms with E-state index >= 15 is 0 Å². The molecule has 1 unspecified atom stereocenters. The fourth-order valence-electron chi connectivity index (χ4n) is 2.58. The minimum absolute atomic E-state index is 0. The van der Waals surface area contributed by atoms with E-state index in [-0.39, 0.29) is 18.3 Å². The quantitative estimate of drug-likeness (QED) is 0.867. The number of hydrogen-bond donors (Lipinski definition) is 1. The smallest absolute Gasteiger partial charge is 0.222 e. The van der Waals surface area contributed by atoms with E-state index in [1.807, 2.05) is 29.2 Å². The number of nitrogens with two attached hydrogens (primary N) is 1. The van der Waals surface area contributed by atoms with Crippen molar-refractivity contribution in [3.05, 3.63) is 29.8 Å².